The summed E-state index contributed by atoms with van der Waals surface area (Å²) < 4.78 is 13.9. The number of fused-ring (bicyclic) bond motifs is 3. The summed E-state index contributed by atoms with van der Waals surface area (Å²) in [6.45, 7) is 0. The molecule has 4 radical (unpaired) electrons. The van der Waals surface area contributed by atoms with Gasteiger partial charge < -0.3 is 98.7 Å². The van der Waals surface area contributed by atoms with Crippen molar-refractivity contribution in [3.63, 3.8) is 0 Å². The molecule has 0 aromatic rings. The predicted octanol–water partition coefficient (Wildman–Crippen LogP) is -15.2. The van der Waals surface area contributed by atoms with Gasteiger partial charge in [-0.3, -0.25) is 0 Å². The van der Waals surface area contributed by atoms with E-state index >= 15 is 0 Å². The minimum Gasteiger partial charge on any atom is -0.433 e. The van der Waals surface area contributed by atoms with Crippen LogP contribution in [0.25, 0.3) is 0 Å². The van der Waals surface area contributed by atoms with Gasteiger partial charge in [-0.1, -0.05) is 0 Å². The van der Waals surface area contributed by atoms with E-state index in [0.717, 1.165) is 0 Å². The molecule has 0 aromatic carbocycles. The van der Waals surface area contributed by atoms with E-state index in [4.69, 9.17) is 0 Å². The zero-order valence-corrected chi connectivity index (χ0v) is 28.8. The molecule has 18 N–H and O–H groups in total. The van der Waals surface area contributed by atoms with E-state index in [-0.39, 0.29) is 0 Å². The normalized spacial score (nSPS) is 48.5. The van der Waals surface area contributed by atoms with Gasteiger partial charge >= 0.3 is 83.6 Å². The van der Waals surface area contributed by atoms with E-state index in [0.29, 0.717) is 0 Å². The van der Waals surface area contributed by atoms with Crippen LogP contribution >= 0.6 is 0 Å². The second-order valence-corrected chi connectivity index (χ2v) is 88.4. The summed E-state index contributed by atoms with van der Waals surface area (Å²) in [5.41, 5.74) is 0. The predicted molar refractivity (Wildman–Crippen MR) is 118 cm³/mol. The van der Waals surface area contributed by atoms with Gasteiger partial charge in [0.15, 0.2) is 0 Å². The highest BCUT2D eigenvalue weighted by atomic mass is 30.2. The Labute approximate surface area is 200 Å². The Bertz CT molecular complexity index is 876. The third kappa shape index (κ3) is 2.84. The molecule has 0 aromatic heterocycles. The van der Waals surface area contributed by atoms with Crippen LogP contribution in [0.3, 0.4) is 0 Å². The second-order valence-electron chi connectivity index (χ2n) is 7.77. The minimum atomic E-state index is -6.92. The highest BCUT2D eigenvalue weighted by molar-refractivity contribution is 8.07. The maximum Gasteiger partial charge on any atom is 0.426 e. The van der Waals surface area contributed by atoms with Crippen molar-refractivity contribution in [3.8, 4) is 0 Å². The lowest BCUT2D eigenvalue weighted by atomic mass is 15.7. The Hall–Kier alpha value is 1.98. The zero-order valence-electron chi connectivity index (χ0n) is 15.8. The summed E-state index contributed by atoms with van der Waals surface area (Å²) in [4.78, 5) is 193. The van der Waals surface area contributed by atoms with Crippen molar-refractivity contribution in [2.45, 2.75) is 0 Å². The Balaban J connectivity index is 2.64. The summed E-state index contributed by atoms with van der Waals surface area (Å²) in [6, 6.07) is 0. The minimum absolute atomic E-state index is 2.29. The molecule has 3 fully saturated rings. The average molecular weight is 719 g/mol. The fraction of sp³-hybridized carbons (Fsp3) is 0. The Morgan fingerprint density at radius 1 is 0.529 bits per heavy atom. The van der Waals surface area contributed by atoms with Gasteiger partial charge in [0.25, 0.3) is 18.6 Å². The van der Waals surface area contributed by atoms with Crippen LogP contribution in [0.4, 0.5) is 0 Å². The molecule has 196 valence electrons. The van der Waals surface area contributed by atoms with E-state index in [1.165, 1.54) is 0 Å². The Morgan fingerprint density at radius 3 is 1.32 bits per heavy atom. The van der Waals surface area contributed by atoms with Crippen LogP contribution in [0.5, 0.6) is 0 Å². The number of hydrogen-bond acceptors (Lipinski definition) is 21. The van der Waals surface area contributed by atoms with E-state index < -0.39 is 102 Å². The topological polar surface area (TPSA) is 392 Å². The van der Waals surface area contributed by atoms with Crippen molar-refractivity contribution in [1.29, 1.82) is 0 Å². The molecule has 34 heavy (non-hydrogen) atoms. The summed E-state index contributed by atoms with van der Waals surface area (Å²) in [6.07, 6.45) is 0. The first kappa shape index (κ1) is 30.5. The van der Waals surface area contributed by atoms with Crippen LogP contribution in [-0.2, 0) is 12.3 Å². The molecule has 0 aliphatic carbocycles. The number of hydrogen-bond donors (Lipinski definition) is 18. The molecule has 3 heterocycles. The third-order valence-electron chi connectivity index (χ3n) is 5.81. The van der Waals surface area contributed by atoms with Crippen molar-refractivity contribution in [2.75, 3.05) is 0 Å². The van der Waals surface area contributed by atoms with E-state index in [9.17, 15) is 86.3 Å². The van der Waals surface area contributed by atoms with Crippen molar-refractivity contribution in [1.82, 2.24) is 0 Å². The fourth-order valence-corrected chi connectivity index (χ4v) is 241. The van der Waals surface area contributed by atoms with E-state index in [1.54, 1.807) is 0 Å². The van der Waals surface area contributed by atoms with Crippen LogP contribution in [-0.4, -0.2) is 188 Å². The van der Waals surface area contributed by atoms with Crippen molar-refractivity contribution < 1.29 is 98.7 Å². The quantitative estimate of drug-likeness (QED) is 0.118. The summed E-state index contributed by atoms with van der Waals surface area (Å²) in [7, 11) is -77.8. The molecular formula is H18O21Si13. The van der Waals surface area contributed by atoms with Crippen LogP contribution in [0.15, 0.2) is 0 Å². The molecule has 0 saturated carbocycles. The molecule has 4 bridgehead atoms. The third-order valence-corrected chi connectivity index (χ3v) is 149. The first-order valence-electron chi connectivity index (χ1n) is 8.25. The fourth-order valence-electron chi connectivity index (χ4n) is 3.56. The Morgan fingerprint density at radius 2 is 0.912 bits per heavy atom. The lowest BCUT2D eigenvalue weighted by Gasteiger charge is -2.63. The van der Waals surface area contributed by atoms with Gasteiger partial charge in [-0.15, -0.1) is 0 Å². The van der Waals surface area contributed by atoms with Crippen molar-refractivity contribution in [2.24, 2.45) is 0 Å². The van der Waals surface area contributed by atoms with E-state index in [2.05, 4.69) is 12.3 Å². The second kappa shape index (κ2) is 7.58. The molecular weight excluding hydrogens is 701 g/mol. The maximum atomic E-state index is 11.1. The molecule has 3 aliphatic heterocycles. The SMILES string of the molecule is O[Si][Si](O)(O)[Si]1(O)O[Si]2(O)[Si](O)(O)[Si]3(O)O[Si][Si](O)(O)[Si](O)(O[Si](O)([Si]3(O)O)[Si]2(O)O)[Si]1(O)O. The van der Waals surface area contributed by atoms with Gasteiger partial charge in [0.05, 0.1) is 0 Å². The molecule has 21 nitrogen and oxygen atoms in total. The van der Waals surface area contributed by atoms with Crippen LogP contribution < -0.4 is 0 Å². The van der Waals surface area contributed by atoms with E-state index in [1.807, 2.05) is 0 Å². The number of rotatable bonds is 2. The van der Waals surface area contributed by atoms with Gasteiger partial charge in [-0.25, -0.2) is 0 Å². The van der Waals surface area contributed by atoms with Crippen molar-refractivity contribution in [3.05, 3.63) is 0 Å². The van der Waals surface area contributed by atoms with Crippen LogP contribution in [0, 0.1) is 0 Å². The highest BCUT2D eigenvalue weighted by Gasteiger charge is 3.09. The molecule has 3 rings (SSSR count). The molecule has 34 heteroatoms. The van der Waals surface area contributed by atoms with Crippen LogP contribution in [0.1, 0.15) is 0 Å². The lowest BCUT2D eigenvalue weighted by molar-refractivity contribution is 0.221. The summed E-state index contributed by atoms with van der Waals surface area (Å²) in [5, 5.41) is 0. The highest BCUT2D eigenvalue weighted by Crippen LogP contribution is 2.50. The first-order valence-corrected chi connectivity index (χ1v) is 42.7. The smallest absolute Gasteiger partial charge is 0.426 e. The van der Waals surface area contributed by atoms with Gasteiger partial charge in [0.2, 0.25) is 0 Å². The summed E-state index contributed by atoms with van der Waals surface area (Å²) >= 11 is 0. The Kier molecular flexibility index (Phi) is 6.81. The molecule has 5 unspecified atom stereocenters. The van der Waals surface area contributed by atoms with Crippen molar-refractivity contribution >= 4 is 102 Å². The zero-order chi connectivity index (χ0) is 27.0. The van der Waals surface area contributed by atoms with Gasteiger partial charge in [-0.05, 0) is 0 Å². The maximum absolute atomic E-state index is 11.1. The largest absolute Gasteiger partial charge is 0.433 e. The monoisotopic (exact) mass is 718 g/mol. The first-order chi connectivity index (χ1) is 14.7. The molecule has 5 atom stereocenters. The molecule has 3 aliphatic rings. The molecule has 0 amide bonds. The lowest BCUT2D eigenvalue weighted by Crippen LogP contribution is -3.16. The van der Waals surface area contributed by atoms with Gasteiger partial charge in [-0.2, -0.15) is 0 Å². The van der Waals surface area contributed by atoms with Gasteiger partial charge in [0.1, 0.15) is 0 Å². The van der Waals surface area contributed by atoms with Crippen LogP contribution in [0.2, 0.25) is 0 Å². The molecule has 3 saturated heterocycles. The summed E-state index contributed by atoms with van der Waals surface area (Å²) in [5.74, 6) is 0. The van der Waals surface area contributed by atoms with Gasteiger partial charge in [0, 0.05) is 0 Å². The average Bonchev–Trinajstić information content (AvgIpc) is 2.68. The standard InChI is InChI=1S/H18O21Si13/c1-22-24(2,3)31(15)20-33(17)26(6,7)30(14)19-23-25(4,5)32(16,28(31,10)11)21-34(18,27(30,8)9)29(33,12)13/h1-18H. The molecule has 0 spiro atoms.